The van der Waals surface area contributed by atoms with E-state index in [0.717, 1.165) is 23.6 Å². The van der Waals surface area contributed by atoms with E-state index in [-0.39, 0.29) is 0 Å². The minimum absolute atomic E-state index is 0.637. The molecular formula is C13H11N5. The van der Waals surface area contributed by atoms with Gasteiger partial charge in [0.05, 0.1) is 0 Å². The summed E-state index contributed by atoms with van der Waals surface area (Å²) in [6.45, 7) is 2.02. The minimum Gasteiger partial charge on any atom is -0.340 e. The zero-order valence-corrected chi connectivity index (χ0v) is 9.88. The van der Waals surface area contributed by atoms with E-state index in [4.69, 9.17) is 0 Å². The summed E-state index contributed by atoms with van der Waals surface area (Å²) in [5.41, 5.74) is 4.61. The molecule has 0 saturated heterocycles. The molecule has 0 unspecified atom stereocenters. The summed E-state index contributed by atoms with van der Waals surface area (Å²) in [6, 6.07) is 8.30. The molecule has 4 rings (SSSR count). The van der Waals surface area contributed by atoms with Gasteiger partial charge in [0.2, 0.25) is 0 Å². The second-order valence-corrected chi connectivity index (χ2v) is 4.46. The topological polar surface area (TPSA) is 55.1 Å². The fourth-order valence-corrected chi connectivity index (χ4v) is 2.44. The van der Waals surface area contributed by atoms with Crippen molar-refractivity contribution in [2.75, 3.05) is 5.32 Å². The molecule has 3 heterocycles. The molecule has 1 aromatic carbocycles. The number of nitrogens with zero attached hydrogens (tertiary/aromatic N) is 4. The monoisotopic (exact) mass is 237 g/mol. The summed E-state index contributed by atoms with van der Waals surface area (Å²) in [4.78, 5) is 8.62. The van der Waals surface area contributed by atoms with Crippen LogP contribution in [0.25, 0.3) is 5.78 Å². The van der Waals surface area contributed by atoms with Crippen molar-refractivity contribution in [3.8, 4) is 0 Å². The van der Waals surface area contributed by atoms with Gasteiger partial charge in [-0.05, 0) is 18.6 Å². The van der Waals surface area contributed by atoms with Gasteiger partial charge in [0.1, 0.15) is 12.1 Å². The lowest BCUT2D eigenvalue weighted by molar-refractivity contribution is 0.900. The van der Waals surface area contributed by atoms with E-state index in [9.17, 15) is 0 Å². The van der Waals surface area contributed by atoms with Crippen LogP contribution in [0.4, 0.5) is 11.5 Å². The Morgan fingerprint density at radius 2 is 2.17 bits per heavy atom. The molecule has 5 heteroatoms. The van der Waals surface area contributed by atoms with Gasteiger partial charge in [-0.3, -0.25) is 0 Å². The van der Waals surface area contributed by atoms with E-state index < -0.39 is 0 Å². The summed E-state index contributed by atoms with van der Waals surface area (Å²) >= 11 is 0. The Kier molecular flexibility index (Phi) is 1.75. The van der Waals surface area contributed by atoms with Crippen LogP contribution in [0.1, 0.15) is 16.8 Å². The normalized spacial score (nSPS) is 12.9. The predicted octanol–water partition coefficient (Wildman–Crippen LogP) is 2.08. The van der Waals surface area contributed by atoms with Gasteiger partial charge >= 0.3 is 0 Å². The van der Waals surface area contributed by atoms with Crippen molar-refractivity contribution in [2.24, 2.45) is 0 Å². The van der Waals surface area contributed by atoms with Crippen LogP contribution in [0, 0.1) is 6.92 Å². The Labute approximate surface area is 104 Å². The standard InChI is InChI=1S/C13H11N5/c1-8-10-6-9-4-2-3-5-11(9)17-12(10)18-13(16-8)14-7-15-18/h2-5,7,17H,6H2,1H3. The second kappa shape index (κ2) is 3.29. The summed E-state index contributed by atoms with van der Waals surface area (Å²) in [5, 5.41) is 7.66. The maximum atomic E-state index is 4.47. The number of rotatable bonds is 0. The molecule has 0 saturated carbocycles. The SMILES string of the molecule is Cc1nc2ncnn2c2c1Cc1ccccc1N2. The largest absolute Gasteiger partial charge is 0.340 e. The first-order valence-electron chi connectivity index (χ1n) is 5.87. The third-order valence-corrected chi connectivity index (χ3v) is 3.37. The maximum absolute atomic E-state index is 4.47. The molecule has 3 aromatic rings. The molecule has 2 aromatic heterocycles. The summed E-state index contributed by atoms with van der Waals surface area (Å²) in [7, 11) is 0. The number of hydrogen-bond acceptors (Lipinski definition) is 4. The number of benzene rings is 1. The van der Waals surface area contributed by atoms with Gasteiger partial charge in [0, 0.05) is 23.4 Å². The highest BCUT2D eigenvalue weighted by Gasteiger charge is 2.20. The van der Waals surface area contributed by atoms with Gasteiger partial charge in [-0.15, -0.1) is 0 Å². The van der Waals surface area contributed by atoms with Crippen LogP contribution in [-0.4, -0.2) is 19.6 Å². The molecule has 0 aliphatic carbocycles. The van der Waals surface area contributed by atoms with E-state index in [1.807, 2.05) is 13.0 Å². The number of aryl methyl sites for hydroxylation is 1. The Morgan fingerprint density at radius 3 is 3.11 bits per heavy atom. The highest BCUT2D eigenvalue weighted by atomic mass is 15.4. The molecule has 88 valence electrons. The van der Waals surface area contributed by atoms with Crippen molar-refractivity contribution in [1.82, 2.24) is 19.6 Å². The van der Waals surface area contributed by atoms with Crippen molar-refractivity contribution >= 4 is 17.3 Å². The summed E-state index contributed by atoms with van der Waals surface area (Å²) < 4.78 is 1.76. The van der Waals surface area contributed by atoms with Crippen LogP contribution >= 0.6 is 0 Å². The molecule has 1 aliphatic heterocycles. The number of nitrogens with one attached hydrogen (secondary N) is 1. The molecule has 5 nitrogen and oxygen atoms in total. The molecule has 0 bridgehead atoms. The average molecular weight is 237 g/mol. The van der Waals surface area contributed by atoms with Crippen LogP contribution in [0.3, 0.4) is 0 Å². The molecular weight excluding hydrogens is 226 g/mol. The van der Waals surface area contributed by atoms with E-state index in [0.29, 0.717) is 5.78 Å². The van der Waals surface area contributed by atoms with E-state index in [1.165, 1.54) is 17.5 Å². The maximum Gasteiger partial charge on any atom is 0.254 e. The van der Waals surface area contributed by atoms with Crippen molar-refractivity contribution in [3.63, 3.8) is 0 Å². The number of aromatic nitrogens is 4. The Morgan fingerprint density at radius 1 is 1.28 bits per heavy atom. The Balaban J connectivity index is 2.02. The van der Waals surface area contributed by atoms with Crippen molar-refractivity contribution in [3.05, 3.63) is 47.4 Å². The highest BCUT2D eigenvalue weighted by Crippen LogP contribution is 2.33. The Bertz CT molecular complexity index is 759. The molecule has 0 radical (unpaired) electrons. The number of anilines is 2. The van der Waals surface area contributed by atoms with Gasteiger partial charge in [-0.1, -0.05) is 18.2 Å². The average Bonchev–Trinajstić information content (AvgIpc) is 2.85. The van der Waals surface area contributed by atoms with Gasteiger partial charge in [0.15, 0.2) is 0 Å². The third kappa shape index (κ3) is 1.18. The lowest BCUT2D eigenvalue weighted by atomic mass is 9.99. The first-order chi connectivity index (χ1) is 8.83. The number of para-hydroxylation sites is 1. The molecule has 1 aliphatic rings. The third-order valence-electron chi connectivity index (χ3n) is 3.37. The first-order valence-corrected chi connectivity index (χ1v) is 5.87. The van der Waals surface area contributed by atoms with Crippen molar-refractivity contribution < 1.29 is 0 Å². The fourth-order valence-electron chi connectivity index (χ4n) is 2.44. The van der Waals surface area contributed by atoms with Crippen molar-refractivity contribution in [1.29, 1.82) is 0 Å². The second-order valence-electron chi connectivity index (χ2n) is 4.46. The number of fused-ring (bicyclic) bond motifs is 4. The quantitative estimate of drug-likeness (QED) is 0.508. The van der Waals surface area contributed by atoms with E-state index >= 15 is 0 Å². The van der Waals surface area contributed by atoms with Crippen LogP contribution < -0.4 is 5.32 Å². The highest BCUT2D eigenvalue weighted by molar-refractivity contribution is 5.70. The molecule has 0 atom stereocenters. The molecule has 1 N–H and O–H groups in total. The smallest absolute Gasteiger partial charge is 0.254 e. The lowest BCUT2D eigenvalue weighted by Crippen LogP contribution is -2.14. The zero-order valence-electron chi connectivity index (χ0n) is 9.88. The van der Waals surface area contributed by atoms with Gasteiger partial charge in [-0.2, -0.15) is 14.6 Å². The van der Waals surface area contributed by atoms with Crippen LogP contribution in [0.15, 0.2) is 30.6 Å². The molecule has 0 spiro atoms. The van der Waals surface area contributed by atoms with Crippen LogP contribution in [-0.2, 0) is 6.42 Å². The minimum atomic E-state index is 0.637. The van der Waals surface area contributed by atoms with Crippen LogP contribution in [0.2, 0.25) is 0 Å². The van der Waals surface area contributed by atoms with Crippen molar-refractivity contribution in [2.45, 2.75) is 13.3 Å². The zero-order chi connectivity index (χ0) is 12.1. The Hall–Kier alpha value is -2.43. The van der Waals surface area contributed by atoms with Crippen LogP contribution in [0.5, 0.6) is 0 Å². The van der Waals surface area contributed by atoms with E-state index in [1.54, 1.807) is 4.52 Å². The van der Waals surface area contributed by atoms with Gasteiger partial charge in [0.25, 0.3) is 5.78 Å². The van der Waals surface area contributed by atoms with Gasteiger partial charge in [-0.25, -0.2) is 4.98 Å². The van der Waals surface area contributed by atoms with Gasteiger partial charge < -0.3 is 5.32 Å². The molecule has 0 amide bonds. The summed E-state index contributed by atoms with van der Waals surface area (Å²) in [5.74, 6) is 1.62. The fraction of sp³-hybridized carbons (Fsp3) is 0.154. The van der Waals surface area contributed by atoms with E-state index in [2.05, 4.69) is 38.6 Å². The first kappa shape index (κ1) is 9.58. The molecule has 0 fully saturated rings. The number of hydrogen-bond donors (Lipinski definition) is 1. The lowest BCUT2D eigenvalue weighted by Gasteiger charge is -2.22. The predicted molar refractivity (Wildman–Crippen MR) is 68.0 cm³/mol. The summed E-state index contributed by atoms with van der Waals surface area (Å²) in [6.07, 6.45) is 2.41. The molecule has 18 heavy (non-hydrogen) atoms.